The molecule has 1 aliphatic rings. The van der Waals surface area contributed by atoms with Gasteiger partial charge in [-0.15, -0.1) is 0 Å². The van der Waals surface area contributed by atoms with E-state index in [1.54, 1.807) is 0 Å². The predicted octanol–water partition coefficient (Wildman–Crippen LogP) is 3.03. The zero-order valence-corrected chi connectivity index (χ0v) is 11.4. The van der Waals surface area contributed by atoms with Crippen molar-refractivity contribution in [1.82, 2.24) is 5.32 Å². The van der Waals surface area contributed by atoms with Crippen LogP contribution in [0, 0.1) is 0 Å². The number of para-hydroxylation sites is 2. The predicted molar refractivity (Wildman–Crippen MR) is 76.3 cm³/mol. The second kappa shape index (κ2) is 6.64. The third-order valence-electron chi connectivity index (χ3n) is 3.20. The fraction of sp³-hybridized carbons (Fsp3) is 0.600. The van der Waals surface area contributed by atoms with Crippen molar-refractivity contribution in [1.29, 1.82) is 0 Å². The van der Waals surface area contributed by atoms with E-state index in [0.717, 1.165) is 24.5 Å². The Bertz CT molecular complexity index is 359. The van der Waals surface area contributed by atoms with Crippen molar-refractivity contribution in [3.63, 3.8) is 0 Å². The Morgan fingerprint density at radius 2 is 2.17 bits per heavy atom. The minimum atomic E-state index is 0.209. The van der Waals surface area contributed by atoms with Crippen LogP contribution in [0.5, 0.6) is 5.75 Å². The fourth-order valence-electron chi connectivity index (χ4n) is 2.30. The summed E-state index contributed by atoms with van der Waals surface area (Å²) in [6.45, 7) is 6.23. The molecule has 1 aliphatic heterocycles. The van der Waals surface area contributed by atoms with Gasteiger partial charge in [-0.05, 0) is 45.4 Å². The maximum Gasteiger partial charge on any atom is 0.142 e. The van der Waals surface area contributed by atoms with Gasteiger partial charge >= 0.3 is 0 Å². The maximum absolute atomic E-state index is 5.80. The molecule has 1 unspecified atom stereocenters. The Kier molecular flexibility index (Phi) is 4.88. The van der Waals surface area contributed by atoms with Crippen LogP contribution in [0.4, 0.5) is 5.69 Å². The monoisotopic (exact) mass is 248 g/mol. The Morgan fingerprint density at radius 3 is 2.89 bits per heavy atom. The van der Waals surface area contributed by atoms with E-state index in [1.807, 2.05) is 18.2 Å². The maximum atomic E-state index is 5.80. The number of benzene rings is 1. The zero-order chi connectivity index (χ0) is 12.8. The van der Waals surface area contributed by atoms with Crippen molar-refractivity contribution in [2.75, 3.05) is 18.4 Å². The average molecular weight is 248 g/mol. The lowest BCUT2D eigenvalue weighted by atomic mass is 10.1. The van der Waals surface area contributed by atoms with E-state index in [2.05, 4.69) is 30.5 Å². The van der Waals surface area contributed by atoms with Gasteiger partial charge in [0.25, 0.3) is 0 Å². The third kappa shape index (κ3) is 3.91. The van der Waals surface area contributed by atoms with Crippen LogP contribution in [0.2, 0.25) is 0 Å². The highest BCUT2D eigenvalue weighted by molar-refractivity contribution is 5.56. The normalized spacial score (nSPS) is 19.8. The van der Waals surface area contributed by atoms with Gasteiger partial charge in [-0.1, -0.05) is 18.6 Å². The van der Waals surface area contributed by atoms with Crippen LogP contribution >= 0.6 is 0 Å². The Balaban J connectivity index is 1.91. The first kappa shape index (κ1) is 13.2. The topological polar surface area (TPSA) is 33.3 Å². The highest BCUT2D eigenvalue weighted by Gasteiger charge is 2.13. The largest absolute Gasteiger partial charge is 0.489 e. The second-order valence-electron chi connectivity index (χ2n) is 5.19. The van der Waals surface area contributed by atoms with Crippen molar-refractivity contribution in [2.45, 2.75) is 45.3 Å². The number of ether oxygens (including phenoxy) is 1. The van der Waals surface area contributed by atoms with Crippen LogP contribution in [0.3, 0.4) is 0 Å². The molecular weight excluding hydrogens is 224 g/mol. The second-order valence-corrected chi connectivity index (χ2v) is 5.19. The SMILES string of the molecule is CC(C)Oc1ccccc1NCC1CCCCN1. The summed E-state index contributed by atoms with van der Waals surface area (Å²) in [5.41, 5.74) is 1.10. The molecule has 0 aromatic heterocycles. The molecule has 1 saturated heterocycles. The van der Waals surface area contributed by atoms with E-state index in [1.165, 1.54) is 19.3 Å². The van der Waals surface area contributed by atoms with Crippen molar-refractivity contribution < 1.29 is 4.74 Å². The van der Waals surface area contributed by atoms with Gasteiger partial charge in [0.1, 0.15) is 5.75 Å². The number of hydrogen-bond donors (Lipinski definition) is 2. The molecule has 0 saturated carbocycles. The third-order valence-corrected chi connectivity index (χ3v) is 3.20. The van der Waals surface area contributed by atoms with Gasteiger partial charge in [-0.25, -0.2) is 0 Å². The first-order valence-corrected chi connectivity index (χ1v) is 6.98. The van der Waals surface area contributed by atoms with Crippen molar-refractivity contribution in [3.8, 4) is 5.75 Å². The molecule has 0 amide bonds. The Hall–Kier alpha value is -1.22. The molecule has 0 spiro atoms. The fourth-order valence-corrected chi connectivity index (χ4v) is 2.30. The number of rotatable bonds is 5. The van der Waals surface area contributed by atoms with E-state index in [0.29, 0.717) is 6.04 Å². The van der Waals surface area contributed by atoms with Crippen LogP contribution in [-0.4, -0.2) is 25.2 Å². The van der Waals surface area contributed by atoms with Crippen LogP contribution in [-0.2, 0) is 0 Å². The van der Waals surface area contributed by atoms with E-state index < -0.39 is 0 Å². The smallest absolute Gasteiger partial charge is 0.142 e. The first-order chi connectivity index (χ1) is 8.75. The van der Waals surface area contributed by atoms with Crippen LogP contribution in [0.1, 0.15) is 33.1 Å². The molecule has 1 fully saturated rings. The van der Waals surface area contributed by atoms with Gasteiger partial charge in [0.2, 0.25) is 0 Å². The number of nitrogens with one attached hydrogen (secondary N) is 2. The summed E-state index contributed by atoms with van der Waals surface area (Å²) >= 11 is 0. The molecule has 3 heteroatoms. The molecule has 100 valence electrons. The summed E-state index contributed by atoms with van der Waals surface area (Å²) in [7, 11) is 0. The Morgan fingerprint density at radius 1 is 1.33 bits per heavy atom. The molecule has 18 heavy (non-hydrogen) atoms. The molecule has 2 rings (SSSR count). The van der Waals surface area contributed by atoms with E-state index in [9.17, 15) is 0 Å². The zero-order valence-electron chi connectivity index (χ0n) is 11.4. The average Bonchev–Trinajstić information content (AvgIpc) is 2.38. The summed E-state index contributed by atoms with van der Waals surface area (Å²) in [6.07, 6.45) is 4.12. The van der Waals surface area contributed by atoms with Gasteiger partial charge in [0.05, 0.1) is 11.8 Å². The molecule has 1 atom stereocenters. The Labute approximate surface area is 110 Å². The summed E-state index contributed by atoms with van der Waals surface area (Å²) < 4.78 is 5.80. The van der Waals surface area contributed by atoms with Crippen molar-refractivity contribution in [2.24, 2.45) is 0 Å². The van der Waals surface area contributed by atoms with Gasteiger partial charge in [0, 0.05) is 12.6 Å². The van der Waals surface area contributed by atoms with Crippen LogP contribution < -0.4 is 15.4 Å². The van der Waals surface area contributed by atoms with Crippen molar-refractivity contribution in [3.05, 3.63) is 24.3 Å². The van der Waals surface area contributed by atoms with Crippen molar-refractivity contribution >= 4 is 5.69 Å². The lowest BCUT2D eigenvalue weighted by molar-refractivity contribution is 0.243. The molecule has 0 radical (unpaired) electrons. The lowest BCUT2D eigenvalue weighted by Gasteiger charge is -2.24. The van der Waals surface area contributed by atoms with E-state index in [4.69, 9.17) is 4.74 Å². The number of anilines is 1. The minimum absolute atomic E-state index is 0.209. The minimum Gasteiger partial charge on any atom is -0.489 e. The standard InChI is InChI=1S/C15H24N2O/c1-12(2)18-15-9-4-3-8-14(15)17-11-13-7-5-6-10-16-13/h3-4,8-9,12-13,16-17H,5-7,10-11H2,1-2H3. The first-order valence-electron chi connectivity index (χ1n) is 6.98. The van der Waals surface area contributed by atoms with E-state index >= 15 is 0 Å². The quantitative estimate of drug-likeness (QED) is 0.840. The molecule has 3 nitrogen and oxygen atoms in total. The molecular formula is C15H24N2O. The molecule has 1 aromatic rings. The van der Waals surface area contributed by atoms with Gasteiger partial charge in [-0.3, -0.25) is 0 Å². The van der Waals surface area contributed by atoms with Crippen LogP contribution in [0.25, 0.3) is 0 Å². The van der Waals surface area contributed by atoms with E-state index in [-0.39, 0.29) is 6.10 Å². The molecule has 2 N–H and O–H groups in total. The van der Waals surface area contributed by atoms with Gasteiger partial charge in [-0.2, -0.15) is 0 Å². The summed E-state index contributed by atoms with van der Waals surface area (Å²) in [5.74, 6) is 0.948. The number of piperidine rings is 1. The van der Waals surface area contributed by atoms with Gasteiger partial charge in [0.15, 0.2) is 0 Å². The highest BCUT2D eigenvalue weighted by atomic mass is 16.5. The highest BCUT2D eigenvalue weighted by Crippen LogP contribution is 2.25. The van der Waals surface area contributed by atoms with Gasteiger partial charge < -0.3 is 15.4 Å². The lowest BCUT2D eigenvalue weighted by Crippen LogP contribution is -2.39. The summed E-state index contributed by atoms with van der Waals surface area (Å²) in [6, 6.07) is 8.76. The molecule has 1 aromatic carbocycles. The number of hydrogen-bond acceptors (Lipinski definition) is 3. The molecule has 0 bridgehead atoms. The molecule has 1 heterocycles. The summed E-state index contributed by atoms with van der Waals surface area (Å²) in [4.78, 5) is 0. The van der Waals surface area contributed by atoms with Crippen LogP contribution in [0.15, 0.2) is 24.3 Å². The molecule has 0 aliphatic carbocycles. The summed E-state index contributed by atoms with van der Waals surface area (Å²) in [5, 5.41) is 7.05.